The molecule has 0 spiro atoms. The van der Waals surface area contributed by atoms with Gasteiger partial charge in [0, 0.05) is 39.4 Å². The number of furan rings is 1. The summed E-state index contributed by atoms with van der Waals surface area (Å²) < 4.78 is 11.8. The Bertz CT molecular complexity index is 1560. The van der Waals surface area contributed by atoms with Crippen LogP contribution in [0.5, 0.6) is 5.75 Å². The Kier molecular flexibility index (Phi) is 6.30. The second-order valence-electron chi connectivity index (χ2n) is 8.31. The smallest absolute Gasteiger partial charge is 0.248 e. The van der Waals surface area contributed by atoms with Gasteiger partial charge in [-0.05, 0) is 72.2 Å². The van der Waals surface area contributed by atoms with E-state index in [0.717, 1.165) is 33.2 Å². The van der Waals surface area contributed by atoms with E-state index in [1.54, 1.807) is 36.6 Å². The number of carbonyl (C=O) groups excluding carboxylic acids is 1. The molecule has 0 saturated carbocycles. The molecule has 0 aliphatic carbocycles. The number of carbonyl (C=O) groups is 1. The monoisotopic (exact) mass is 481 g/mol. The van der Waals surface area contributed by atoms with Gasteiger partial charge in [-0.2, -0.15) is 0 Å². The summed E-state index contributed by atoms with van der Waals surface area (Å²) in [5, 5.41) is 6.81. The van der Waals surface area contributed by atoms with E-state index < -0.39 is 0 Å². The van der Waals surface area contributed by atoms with Gasteiger partial charge < -0.3 is 14.5 Å². The molecule has 1 heterocycles. The van der Waals surface area contributed by atoms with E-state index in [2.05, 4.69) is 35.6 Å². The Morgan fingerprint density at radius 2 is 1.77 bits per heavy atom. The van der Waals surface area contributed by atoms with Crippen molar-refractivity contribution in [2.24, 2.45) is 0 Å². The normalized spacial score (nSPS) is 11.7. The van der Waals surface area contributed by atoms with Crippen molar-refractivity contribution in [2.45, 2.75) is 13.8 Å². The lowest BCUT2D eigenvalue weighted by Crippen LogP contribution is -2.08. The number of nitrogens with one attached hydrogen (secondary N) is 1. The van der Waals surface area contributed by atoms with Gasteiger partial charge >= 0.3 is 0 Å². The molecule has 0 bridgehead atoms. The fraction of sp³-hybridized carbons (Fsp3) is 0.100. The van der Waals surface area contributed by atoms with Crippen LogP contribution in [0.4, 0.5) is 5.69 Å². The van der Waals surface area contributed by atoms with E-state index >= 15 is 0 Å². The molecule has 5 heteroatoms. The Hall–Kier alpha value is -4.02. The SMILES string of the molecule is CCOc1cc2occ(-c3ccc4ccccc4c3)c2cc1/C(C)=C/C(=O)Nc1ccc(Cl)cc1. The van der Waals surface area contributed by atoms with Crippen LogP contribution in [-0.4, -0.2) is 12.5 Å². The van der Waals surface area contributed by atoms with Gasteiger partial charge in [0.1, 0.15) is 11.3 Å². The van der Waals surface area contributed by atoms with Gasteiger partial charge in [-0.3, -0.25) is 4.79 Å². The van der Waals surface area contributed by atoms with Gasteiger partial charge in [0.15, 0.2) is 0 Å². The molecule has 4 nitrogen and oxygen atoms in total. The maximum absolute atomic E-state index is 12.7. The number of rotatable bonds is 6. The Morgan fingerprint density at radius 3 is 2.54 bits per heavy atom. The number of anilines is 1. The Balaban J connectivity index is 1.54. The maximum Gasteiger partial charge on any atom is 0.248 e. The number of hydrogen-bond acceptors (Lipinski definition) is 3. The van der Waals surface area contributed by atoms with Crippen LogP contribution in [0.3, 0.4) is 0 Å². The van der Waals surface area contributed by atoms with E-state index in [9.17, 15) is 4.79 Å². The summed E-state index contributed by atoms with van der Waals surface area (Å²) in [7, 11) is 0. The van der Waals surface area contributed by atoms with Gasteiger partial charge in [0.25, 0.3) is 0 Å². The highest BCUT2D eigenvalue weighted by Crippen LogP contribution is 2.38. The predicted molar refractivity (Wildman–Crippen MR) is 144 cm³/mol. The van der Waals surface area contributed by atoms with Gasteiger partial charge in [-0.25, -0.2) is 0 Å². The number of fused-ring (bicyclic) bond motifs is 2. The maximum atomic E-state index is 12.7. The van der Waals surface area contributed by atoms with Crippen molar-refractivity contribution >= 4 is 50.5 Å². The summed E-state index contributed by atoms with van der Waals surface area (Å²) in [6.45, 7) is 4.34. The summed E-state index contributed by atoms with van der Waals surface area (Å²) in [5.41, 5.74) is 5.10. The van der Waals surface area contributed by atoms with Crippen LogP contribution in [-0.2, 0) is 4.79 Å². The van der Waals surface area contributed by atoms with Crippen LogP contribution in [0, 0.1) is 0 Å². The number of amides is 1. The molecule has 0 radical (unpaired) electrons. The number of allylic oxidation sites excluding steroid dienone is 1. The summed E-state index contributed by atoms with van der Waals surface area (Å²) in [6.07, 6.45) is 3.36. The third-order valence-corrected chi connectivity index (χ3v) is 6.17. The highest BCUT2D eigenvalue weighted by Gasteiger charge is 2.16. The lowest BCUT2D eigenvalue weighted by atomic mass is 9.97. The van der Waals surface area contributed by atoms with Crippen molar-refractivity contribution < 1.29 is 13.9 Å². The highest BCUT2D eigenvalue weighted by atomic mass is 35.5. The second kappa shape index (κ2) is 9.69. The third-order valence-electron chi connectivity index (χ3n) is 5.92. The quantitative estimate of drug-likeness (QED) is 0.248. The number of halogens is 1. The first-order chi connectivity index (χ1) is 17.0. The molecule has 1 N–H and O–H groups in total. The minimum Gasteiger partial charge on any atom is -0.493 e. The average Bonchev–Trinajstić information content (AvgIpc) is 3.27. The first-order valence-corrected chi connectivity index (χ1v) is 11.8. The topological polar surface area (TPSA) is 51.5 Å². The highest BCUT2D eigenvalue weighted by molar-refractivity contribution is 6.30. The Labute approximate surface area is 208 Å². The van der Waals surface area contributed by atoms with Crippen molar-refractivity contribution in [3.8, 4) is 16.9 Å². The van der Waals surface area contributed by atoms with Crippen LogP contribution in [0.25, 0.3) is 38.4 Å². The molecule has 0 atom stereocenters. The first kappa shape index (κ1) is 22.8. The molecular weight excluding hydrogens is 458 g/mol. The third kappa shape index (κ3) is 4.79. The zero-order valence-electron chi connectivity index (χ0n) is 19.5. The molecule has 0 aliphatic heterocycles. The molecule has 35 heavy (non-hydrogen) atoms. The molecule has 5 rings (SSSR count). The van der Waals surface area contributed by atoms with E-state index in [-0.39, 0.29) is 5.91 Å². The number of hydrogen-bond donors (Lipinski definition) is 1. The van der Waals surface area contributed by atoms with Gasteiger partial charge in [-0.15, -0.1) is 0 Å². The van der Waals surface area contributed by atoms with Crippen LogP contribution >= 0.6 is 11.6 Å². The molecular formula is C30H24ClNO3. The minimum absolute atomic E-state index is 0.227. The minimum atomic E-state index is -0.227. The van der Waals surface area contributed by atoms with Crippen molar-refractivity contribution in [1.82, 2.24) is 0 Å². The standard InChI is InChI=1S/C30H24ClNO3/c1-3-34-28-17-29-26(27(18-35-29)22-9-8-20-6-4-5-7-21(20)15-22)16-25(28)19(2)14-30(33)32-24-12-10-23(31)11-13-24/h4-18H,3H2,1-2H3,(H,32,33)/b19-14+. The van der Waals surface area contributed by atoms with Crippen molar-refractivity contribution in [2.75, 3.05) is 11.9 Å². The lowest BCUT2D eigenvalue weighted by molar-refractivity contribution is -0.111. The molecule has 0 saturated heterocycles. The largest absolute Gasteiger partial charge is 0.493 e. The number of benzene rings is 4. The molecule has 0 fully saturated rings. The van der Waals surface area contributed by atoms with Crippen LogP contribution < -0.4 is 10.1 Å². The first-order valence-electron chi connectivity index (χ1n) is 11.4. The second-order valence-corrected chi connectivity index (χ2v) is 8.75. The fourth-order valence-electron chi connectivity index (χ4n) is 4.20. The van der Waals surface area contributed by atoms with E-state index in [1.807, 2.05) is 38.1 Å². The molecule has 1 amide bonds. The molecule has 0 unspecified atom stereocenters. The van der Waals surface area contributed by atoms with Crippen LogP contribution in [0.1, 0.15) is 19.4 Å². The molecule has 5 aromatic rings. The zero-order chi connectivity index (χ0) is 24.4. The lowest BCUT2D eigenvalue weighted by Gasteiger charge is -2.12. The Morgan fingerprint density at radius 1 is 1.00 bits per heavy atom. The molecule has 1 aromatic heterocycles. The van der Waals surface area contributed by atoms with Gasteiger partial charge in [-0.1, -0.05) is 48.0 Å². The summed E-state index contributed by atoms with van der Waals surface area (Å²) in [6, 6.07) is 25.6. The molecule has 4 aromatic carbocycles. The van der Waals surface area contributed by atoms with E-state index in [1.165, 1.54) is 10.8 Å². The van der Waals surface area contributed by atoms with Gasteiger partial charge in [0.2, 0.25) is 5.91 Å². The summed E-state index contributed by atoms with van der Waals surface area (Å²) >= 11 is 5.94. The van der Waals surface area contributed by atoms with Crippen LogP contribution in [0.15, 0.2) is 95.6 Å². The molecule has 0 aliphatic rings. The summed E-state index contributed by atoms with van der Waals surface area (Å²) in [4.78, 5) is 12.7. The van der Waals surface area contributed by atoms with Crippen LogP contribution in [0.2, 0.25) is 5.02 Å². The van der Waals surface area contributed by atoms with E-state index in [0.29, 0.717) is 23.1 Å². The number of ether oxygens (including phenoxy) is 1. The summed E-state index contributed by atoms with van der Waals surface area (Å²) in [5.74, 6) is 0.446. The van der Waals surface area contributed by atoms with Crippen molar-refractivity contribution in [3.05, 3.63) is 102 Å². The predicted octanol–water partition coefficient (Wildman–Crippen LogP) is 8.35. The van der Waals surface area contributed by atoms with Gasteiger partial charge in [0.05, 0.1) is 12.9 Å². The average molecular weight is 482 g/mol. The van der Waals surface area contributed by atoms with E-state index in [4.69, 9.17) is 20.8 Å². The fourth-order valence-corrected chi connectivity index (χ4v) is 4.33. The van der Waals surface area contributed by atoms with Crippen molar-refractivity contribution in [3.63, 3.8) is 0 Å². The molecule has 174 valence electrons. The zero-order valence-corrected chi connectivity index (χ0v) is 20.2. The van der Waals surface area contributed by atoms with Crippen molar-refractivity contribution in [1.29, 1.82) is 0 Å².